The number of nitrogens with zero attached hydrogens (tertiary/aromatic N) is 2. The van der Waals surface area contributed by atoms with Crippen molar-refractivity contribution >= 4 is 5.82 Å². The number of furan rings is 1. The number of rotatable bonds is 3. The normalized spacial score (nSPS) is 12.7. The minimum absolute atomic E-state index is 0.139. The molecule has 0 unspecified atom stereocenters. The van der Waals surface area contributed by atoms with Crippen molar-refractivity contribution in [1.29, 1.82) is 0 Å². The lowest BCUT2D eigenvalue weighted by atomic mass is 10.2. The van der Waals surface area contributed by atoms with E-state index in [0.29, 0.717) is 0 Å². The molecule has 1 N–H and O–H groups in total. The molecular formula is C10H13N3O. The zero-order chi connectivity index (χ0) is 9.97. The summed E-state index contributed by atoms with van der Waals surface area (Å²) >= 11 is 0. The smallest absolute Gasteiger partial charge is 0.148 e. The molecule has 0 amide bonds. The van der Waals surface area contributed by atoms with Crippen LogP contribution in [0.4, 0.5) is 5.82 Å². The highest BCUT2D eigenvalue weighted by Gasteiger charge is 2.08. The molecule has 0 bridgehead atoms. The molecule has 4 heteroatoms. The predicted octanol–water partition coefficient (Wildman–Crippen LogP) is 2.19. The molecule has 2 aromatic heterocycles. The molecule has 74 valence electrons. The first-order valence-corrected chi connectivity index (χ1v) is 4.55. The largest absolute Gasteiger partial charge is 0.467 e. The molecule has 0 aromatic carbocycles. The van der Waals surface area contributed by atoms with Crippen LogP contribution in [0.5, 0.6) is 0 Å². The van der Waals surface area contributed by atoms with E-state index in [1.54, 1.807) is 10.9 Å². The maximum atomic E-state index is 5.28. The van der Waals surface area contributed by atoms with Crippen LogP contribution < -0.4 is 5.32 Å². The molecule has 1 atom stereocenters. The number of hydrogen-bond acceptors (Lipinski definition) is 3. The van der Waals surface area contributed by atoms with Gasteiger partial charge in [0.05, 0.1) is 12.3 Å². The van der Waals surface area contributed by atoms with Crippen molar-refractivity contribution in [3.63, 3.8) is 0 Å². The molecular weight excluding hydrogens is 178 g/mol. The van der Waals surface area contributed by atoms with Crippen molar-refractivity contribution in [3.05, 3.63) is 36.4 Å². The summed E-state index contributed by atoms with van der Waals surface area (Å²) < 4.78 is 7.04. The number of nitrogens with one attached hydrogen (secondary N) is 1. The average Bonchev–Trinajstić information content (AvgIpc) is 2.75. The summed E-state index contributed by atoms with van der Waals surface area (Å²) in [6.45, 7) is 2.04. The van der Waals surface area contributed by atoms with Gasteiger partial charge in [0.25, 0.3) is 0 Å². The van der Waals surface area contributed by atoms with Gasteiger partial charge in [-0.2, -0.15) is 5.10 Å². The Morgan fingerprint density at radius 3 is 2.93 bits per heavy atom. The number of aromatic nitrogens is 2. The minimum atomic E-state index is 0.139. The van der Waals surface area contributed by atoms with Gasteiger partial charge in [0.15, 0.2) is 0 Å². The fourth-order valence-corrected chi connectivity index (χ4v) is 1.32. The van der Waals surface area contributed by atoms with Crippen LogP contribution >= 0.6 is 0 Å². The quantitative estimate of drug-likeness (QED) is 0.808. The second-order valence-electron chi connectivity index (χ2n) is 3.26. The first-order chi connectivity index (χ1) is 6.75. The Hall–Kier alpha value is -1.71. The lowest BCUT2D eigenvalue weighted by Gasteiger charge is -2.09. The molecule has 0 radical (unpaired) electrons. The molecule has 14 heavy (non-hydrogen) atoms. The van der Waals surface area contributed by atoms with Crippen LogP contribution in [-0.2, 0) is 7.05 Å². The van der Waals surface area contributed by atoms with E-state index in [4.69, 9.17) is 4.42 Å². The molecule has 0 saturated heterocycles. The van der Waals surface area contributed by atoms with Crippen LogP contribution in [0.15, 0.2) is 35.1 Å². The summed E-state index contributed by atoms with van der Waals surface area (Å²) in [6.07, 6.45) is 3.57. The van der Waals surface area contributed by atoms with Gasteiger partial charge in [0.2, 0.25) is 0 Å². The van der Waals surface area contributed by atoms with Crippen molar-refractivity contribution in [2.45, 2.75) is 13.0 Å². The zero-order valence-electron chi connectivity index (χ0n) is 8.27. The van der Waals surface area contributed by atoms with Crippen LogP contribution in [0.1, 0.15) is 18.7 Å². The highest BCUT2D eigenvalue weighted by molar-refractivity contribution is 5.34. The number of anilines is 1. The van der Waals surface area contributed by atoms with Gasteiger partial charge >= 0.3 is 0 Å². The van der Waals surface area contributed by atoms with E-state index in [0.717, 1.165) is 11.6 Å². The SMILES string of the molecule is C[C@@H](Nc1ccn(C)n1)c1ccco1. The van der Waals surface area contributed by atoms with Gasteiger partial charge < -0.3 is 9.73 Å². The molecule has 2 rings (SSSR count). The monoisotopic (exact) mass is 191 g/mol. The molecule has 0 aliphatic heterocycles. The Labute approximate surface area is 82.5 Å². The predicted molar refractivity (Wildman–Crippen MR) is 54.0 cm³/mol. The van der Waals surface area contributed by atoms with Gasteiger partial charge in [0, 0.05) is 19.3 Å². The van der Waals surface area contributed by atoms with Crippen LogP contribution in [0, 0.1) is 0 Å². The lowest BCUT2D eigenvalue weighted by Crippen LogP contribution is -2.06. The summed E-state index contributed by atoms with van der Waals surface area (Å²) in [6, 6.07) is 5.89. The highest BCUT2D eigenvalue weighted by atomic mass is 16.3. The van der Waals surface area contributed by atoms with E-state index >= 15 is 0 Å². The molecule has 4 nitrogen and oxygen atoms in total. The van der Waals surface area contributed by atoms with Gasteiger partial charge in [0.1, 0.15) is 11.6 Å². The first kappa shape index (κ1) is 8.87. The standard InChI is InChI=1S/C10H13N3O/c1-8(9-4-3-7-14-9)11-10-5-6-13(2)12-10/h3-8H,1-2H3,(H,11,12)/t8-/m1/s1. The maximum Gasteiger partial charge on any atom is 0.148 e. The molecule has 2 heterocycles. The Morgan fingerprint density at radius 1 is 1.50 bits per heavy atom. The summed E-state index contributed by atoms with van der Waals surface area (Å²) in [5.41, 5.74) is 0. The third kappa shape index (κ3) is 1.79. The van der Waals surface area contributed by atoms with Crippen molar-refractivity contribution in [2.75, 3.05) is 5.32 Å². The Morgan fingerprint density at radius 2 is 2.36 bits per heavy atom. The van der Waals surface area contributed by atoms with E-state index in [1.165, 1.54) is 0 Å². The third-order valence-electron chi connectivity index (χ3n) is 2.05. The van der Waals surface area contributed by atoms with Crippen LogP contribution in [0.3, 0.4) is 0 Å². The molecule has 0 spiro atoms. The zero-order valence-corrected chi connectivity index (χ0v) is 8.27. The topological polar surface area (TPSA) is 43.0 Å². The van der Waals surface area contributed by atoms with Gasteiger partial charge in [-0.25, -0.2) is 0 Å². The minimum Gasteiger partial charge on any atom is -0.467 e. The fraction of sp³-hybridized carbons (Fsp3) is 0.300. The molecule has 0 fully saturated rings. The van der Waals surface area contributed by atoms with E-state index < -0.39 is 0 Å². The van der Waals surface area contributed by atoms with Crippen molar-refractivity contribution in [1.82, 2.24) is 9.78 Å². The van der Waals surface area contributed by atoms with Gasteiger partial charge in [-0.3, -0.25) is 4.68 Å². The summed E-state index contributed by atoms with van der Waals surface area (Å²) in [4.78, 5) is 0. The number of hydrogen-bond donors (Lipinski definition) is 1. The van der Waals surface area contributed by atoms with E-state index in [1.807, 2.05) is 38.4 Å². The van der Waals surface area contributed by atoms with Crippen molar-refractivity contribution < 1.29 is 4.42 Å². The second-order valence-corrected chi connectivity index (χ2v) is 3.26. The van der Waals surface area contributed by atoms with E-state index in [9.17, 15) is 0 Å². The Kier molecular flexibility index (Phi) is 2.26. The Balaban J connectivity index is 2.05. The van der Waals surface area contributed by atoms with Gasteiger partial charge in [-0.05, 0) is 19.1 Å². The highest BCUT2D eigenvalue weighted by Crippen LogP contribution is 2.17. The fourth-order valence-electron chi connectivity index (χ4n) is 1.32. The first-order valence-electron chi connectivity index (χ1n) is 4.55. The molecule has 0 aliphatic rings. The van der Waals surface area contributed by atoms with Crippen molar-refractivity contribution in [3.8, 4) is 0 Å². The van der Waals surface area contributed by atoms with Crippen molar-refractivity contribution in [2.24, 2.45) is 7.05 Å². The molecule has 2 aromatic rings. The second kappa shape index (κ2) is 3.57. The van der Waals surface area contributed by atoms with Crippen LogP contribution in [0.25, 0.3) is 0 Å². The number of aryl methyl sites for hydroxylation is 1. The van der Waals surface area contributed by atoms with E-state index in [-0.39, 0.29) is 6.04 Å². The van der Waals surface area contributed by atoms with Crippen LogP contribution in [-0.4, -0.2) is 9.78 Å². The third-order valence-corrected chi connectivity index (χ3v) is 2.05. The molecule has 0 aliphatic carbocycles. The summed E-state index contributed by atoms with van der Waals surface area (Å²) in [7, 11) is 1.89. The lowest BCUT2D eigenvalue weighted by molar-refractivity contribution is 0.490. The van der Waals surface area contributed by atoms with Crippen LogP contribution in [0.2, 0.25) is 0 Å². The summed E-state index contributed by atoms with van der Waals surface area (Å²) in [5.74, 6) is 1.77. The van der Waals surface area contributed by atoms with E-state index in [2.05, 4.69) is 10.4 Å². The van der Waals surface area contributed by atoms with Gasteiger partial charge in [-0.1, -0.05) is 0 Å². The molecule has 0 saturated carbocycles. The maximum absolute atomic E-state index is 5.28. The Bertz CT molecular complexity index is 391. The summed E-state index contributed by atoms with van der Waals surface area (Å²) in [5, 5.41) is 7.46. The average molecular weight is 191 g/mol. The van der Waals surface area contributed by atoms with Gasteiger partial charge in [-0.15, -0.1) is 0 Å².